The number of para-hydroxylation sites is 2. The van der Waals surface area contributed by atoms with E-state index in [0.29, 0.717) is 22.1 Å². The van der Waals surface area contributed by atoms with Crippen LogP contribution in [0.2, 0.25) is 5.15 Å². The van der Waals surface area contributed by atoms with Crippen molar-refractivity contribution in [2.45, 2.75) is 0 Å². The minimum atomic E-state index is -0.465. The lowest BCUT2D eigenvalue weighted by atomic mass is 10.1. The van der Waals surface area contributed by atoms with E-state index in [1.807, 2.05) is 53.1 Å². The molecule has 4 aromatic carbocycles. The van der Waals surface area contributed by atoms with E-state index in [9.17, 15) is 20.2 Å². The molecule has 0 atom stereocenters. The summed E-state index contributed by atoms with van der Waals surface area (Å²) in [7, 11) is 0. The number of hydrazone groups is 2. The number of non-ortho nitro benzene ring substituents is 2. The molecule has 0 radical (unpaired) electrons. The molecule has 198 valence electrons. The maximum atomic E-state index is 10.9. The van der Waals surface area contributed by atoms with E-state index >= 15 is 0 Å². The van der Waals surface area contributed by atoms with Crippen LogP contribution in [-0.2, 0) is 0 Å². The first-order valence-electron chi connectivity index (χ1n) is 11.9. The molecule has 12 heteroatoms. The molecule has 0 amide bonds. The summed E-state index contributed by atoms with van der Waals surface area (Å²) in [6.45, 7) is 0. The number of fused-ring (bicyclic) bond motifs is 1. The second-order valence-corrected chi connectivity index (χ2v) is 8.82. The van der Waals surface area contributed by atoms with E-state index in [1.54, 1.807) is 36.7 Å². The number of hydrogen-bond donors (Lipinski definition) is 2. The number of nitro groups is 2. The number of nitrogens with one attached hydrogen (secondary N) is 2. The molecule has 0 bridgehead atoms. The van der Waals surface area contributed by atoms with Crippen LogP contribution in [0.4, 0.5) is 22.7 Å². The largest absolute Gasteiger partial charge is 0.299 e. The standard InChI is InChI=1S/C28H20ClN7O4/c29-28-26(18-31-33-21-11-15-24(16-12-21)36(39)40)25-8-4-5-19(27(25)34(28)22-6-2-1-3-7-22)17-30-32-20-9-13-23(14-10-20)35(37)38/h1-18,32-33H. The van der Waals surface area contributed by atoms with E-state index < -0.39 is 9.85 Å². The van der Waals surface area contributed by atoms with Crippen LogP contribution in [0.25, 0.3) is 16.6 Å². The molecule has 40 heavy (non-hydrogen) atoms. The van der Waals surface area contributed by atoms with Gasteiger partial charge in [0, 0.05) is 46.5 Å². The van der Waals surface area contributed by atoms with Gasteiger partial charge in [-0.2, -0.15) is 10.2 Å². The highest BCUT2D eigenvalue weighted by molar-refractivity contribution is 6.35. The molecule has 1 aromatic heterocycles. The Morgan fingerprint density at radius 3 is 1.80 bits per heavy atom. The maximum Gasteiger partial charge on any atom is 0.269 e. The van der Waals surface area contributed by atoms with Crippen molar-refractivity contribution in [2.24, 2.45) is 10.2 Å². The number of hydrogen-bond acceptors (Lipinski definition) is 8. The molecule has 0 saturated carbocycles. The third-order valence-electron chi connectivity index (χ3n) is 5.95. The first-order chi connectivity index (χ1) is 19.4. The first-order valence-corrected chi connectivity index (χ1v) is 12.3. The zero-order chi connectivity index (χ0) is 28.1. The highest BCUT2D eigenvalue weighted by atomic mass is 35.5. The summed E-state index contributed by atoms with van der Waals surface area (Å²) in [6.07, 6.45) is 3.25. The van der Waals surface area contributed by atoms with E-state index in [-0.39, 0.29) is 11.4 Å². The second kappa shape index (κ2) is 11.5. The van der Waals surface area contributed by atoms with Crippen molar-refractivity contribution in [3.63, 3.8) is 0 Å². The Labute approximate surface area is 232 Å². The maximum absolute atomic E-state index is 10.9. The Morgan fingerprint density at radius 1 is 0.700 bits per heavy atom. The number of anilines is 2. The molecule has 0 spiro atoms. The minimum absolute atomic E-state index is 0.00751. The molecule has 11 nitrogen and oxygen atoms in total. The highest BCUT2D eigenvalue weighted by Gasteiger charge is 2.18. The first kappa shape index (κ1) is 26.1. The van der Waals surface area contributed by atoms with E-state index in [0.717, 1.165) is 22.2 Å². The van der Waals surface area contributed by atoms with Gasteiger partial charge in [0.25, 0.3) is 11.4 Å². The highest BCUT2D eigenvalue weighted by Crippen LogP contribution is 2.34. The summed E-state index contributed by atoms with van der Waals surface area (Å²) < 4.78 is 1.90. The molecule has 5 rings (SSSR count). The van der Waals surface area contributed by atoms with E-state index in [1.165, 1.54) is 24.3 Å². The summed E-state index contributed by atoms with van der Waals surface area (Å²) in [4.78, 5) is 20.9. The van der Waals surface area contributed by atoms with Crippen LogP contribution in [0.15, 0.2) is 107 Å². The van der Waals surface area contributed by atoms with Crippen LogP contribution >= 0.6 is 11.6 Å². The topological polar surface area (TPSA) is 140 Å². The second-order valence-electron chi connectivity index (χ2n) is 8.47. The van der Waals surface area contributed by atoms with Gasteiger partial charge in [-0.3, -0.25) is 35.6 Å². The van der Waals surface area contributed by atoms with Crippen LogP contribution in [0.1, 0.15) is 11.1 Å². The number of rotatable bonds is 9. The molecule has 0 aliphatic carbocycles. The number of aromatic nitrogens is 1. The third kappa shape index (κ3) is 5.49. The van der Waals surface area contributed by atoms with Crippen molar-refractivity contribution in [3.05, 3.63) is 134 Å². The zero-order valence-corrected chi connectivity index (χ0v) is 21.4. The van der Waals surface area contributed by atoms with Gasteiger partial charge >= 0.3 is 0 Å². The Balaban J connectivity index is 1.49. The van der Waals surface area contributed by atoms with Crippen molar-refractivity contribution < 1.29 is 9.85 Å². The van der Waals surface area contributed by atoms with Gasteiger partial charge < -0.3 is 0 Å². The van der Waals surface area contributed by atoms with Crippen LogP contribution in [-0.4, -0.2) is 26.8 Å². The summed E-state index contributed by atoms with van der Waals surface area (Å²) in [6, 6.07) is 27.2. The van der Waals surface area contributed by atoms with Crippen molar-refractivity contribution in [1.29, 1.82) is 0 Å². The third-order valence-corrected chi connectivity index (χ3v) is 6.33. The van der Waals surface area contributed by atoms with Gasteiger partial charge in [-0.05, 0) is 36.4 Å². The predicted octanol–water partition coefficient (Wildman–Crippen LogP) is 6.99. The number of halogens is 1. The lowest BCUT2D eigenvalue weighted by Gasteiger charge is -2.09. The van der Waals surface area contributed by atoms with Crippen molar-refractivity contribution in [1.82, 2.24) is 4.57 Å². The van der Waals surface area contributed by atoms with Gasteiger partial charge in [-0.1, -0.05) is 48.0 Å². The Kier molecular flexibility index (Phi) is 7.47. The van der Waals surface area contributed by atoms with Gasteiger partial charge in [0.1, 0.15) is 5.15 Å². The van der Waals surface area contributed by atoms with Crippen LogP contribution in [0.5, 0.6) is 0 Å². The molecular formula is C28H20ClN7O4. The minimum Gasteiger partial charge on any atom is -0.299 e. The lowest BCUT2D eigenvalue weighted by Crippen LogP contribution is -1.98. The predicted molar refractivity (Wildman–Crippen MR) is 157 cm³/mol. The Hall–Kier alpha value is -5.55. The quantitative estimate of drug-likeness (QED) is 0.114. The fourth-order valence-corrected chi connectivity index (χ4v) is 4.40. The van der Waals surface area contributed by atoms with Crippen molar-refractivity contribution in [2.75, 3.05) is 10.9 Å². The normalized spacial score (nSPS) is 11.3. The monoisotopic (exact) mass is 553 g/mol. The van der Waals surface area contributed by atoms with Crippen LogP contribution in [0.3, 0.4) is 0 Å². The molecule has 0 aliphatic heterocycles. The summed E-state index contributed by atoms with van der Waals surface area (Å²) in [5, 5.41) is 31.7. The van der Waals surface area contributed by atoms with Crippen LogP contribution in [0, 0.1) is 20.2 Å². The molecule has 0 saturated heterocycles. The van der Waals surface area contributed by atoms with Gasteiger partial charge in [0.05, 0.1) is 39.2 Å². The molecule has 0 aliphatic rings. The molecule has 5 aromatic rings. The van der Waals surface area contributed by atoms with E-state index in [4.69, 9.17) is 11.6 Å². The van der Waals surface area contributed by atoms with Gasteiger partial charge in [0.2, 0.25) is 0 Å². The molecular weight excluding hydrogens is 534 g/mol. The fourth-order valence-electron chi connectivity index (χ4n) is 4.07. The molecule has 1 heterocycles. The molecule has 0 unspecified atom stereocenters. The lowest BCUT2D eigenvalue weighted by molar-refractivity contribution is -0.385. The number of benzene rings is 4. The Bertz CT molecular complexity index is 1750. The zero-order valence-electron chi connectivity index (χ0n) is 20.6. The molecule has 2 N–H and O–H groups in total. The average molecular weight is 554 g/mol. The Morgan fingerprint density at radius 2 is 1.25 bits per heavy atom. The summed E-state index contributed by atoms with van der Waals surface area (Å²) in [5.41, 5.74) is 9.98. The summed E-state index contributed by atoms with van der Waals surface area (Å²) >= 11 is 6.92. The molecule has 0 fully saturated rings. The van der Waals surface area contributed by atoms with Crippen LogP contribution < -0.4 is 10.9 Å². The smallest absolute Gasteiger partial charge is 0.269 e. The van der Waals surface area contributed by atoms with Gasteiger partial charge in [-0.25, -0.2) is 0 Å². The van der Waals surface area contributed by atoms with Crippen molar-refractivity contribution >= 4 is 57.7 Å². The SMILES string of the molecule is O=[N+]([O-])c1ccc(NN=Cc2c(Cl)n(-c3ccccc3)c3c(C=NNc4ccc([N+](=O)[O-])cc4)cccc23)cc1. The number of nitrogens with zero attached hydrogens (tertiary/aromatic N) is 5. The van der Waals surface area contributed by atoms with Crippen molar-refractivity contribution in [3.8, 4) is 5.69 Å². The van der Waals surface area contributed by atoms with Gasteiger partial charge in [0.15, 0.2) is 0 Å². The number of nitro benzene ring substituents is 2. The van der Waals surface area contributed by atoms with E-state index in [2.05, 4.69) is 21.1 Å². The van der Waals surface area contributed by atoms with Gasteiger partial charge in [-0.15, -0.1) is 0 Å². The average Bonchev–Trinajstić information content (AvgIpc) is 3.25. The summed E-state index contributed by atoms with van der Waals surface area (Å²) in [5.74, 6) is 0. The fraction of sp³-hybridized carbons (Fsp3) is 0.